The van der Waals surface area contributed by atoms with E-state index in [0.29, 0.717) is 11.4 Å². The van der Waals surface area contributed by atoms with Gasteiger partial charge in [-0.05, 0) is 30.2 Å². The minimum absolute atomic E-state index is 0.197. The van der Waals surface area contributed by atoms with Gasteiger partial charge in [0.2, 0.25) is 0 Å². The summed E-state index contributed by atoms with van der Waals surface area (Å²) < 4.78 is 5.27. The Kier molecular flexibility index (Phi) is 3.66. The molecule has 0 radical (unpaired) electrons. The van der Waals surface area contributed by atoms with Crippen LogP contribution >= 0.6 is 11.6 Å². The summed E-state index contributed by atoms with van der Waals surface area (Å²) in [5.74, 6) is 1.54. The number of halogens is 1. The summed E-state index contributed by atoms with van der Waals surface area (Å²) in [5, 5.41) is 0.674. The quantitative estimate of drug-likeness (QED) is 0.877. The lowest BCUT2D eigenvalue weighted by Gasteiger charge is -2.12. The highest BCUT2D eigenvalue weighted by Crippen LogP contribution is 2.25. The zero-order valence-electron chi connectivity index (χ0n) is 9.48. The third-order valence-electron chi connectivity index (χ3n) is 2.55. The van der Waals surface area contributed by atoms with E-state index < -0.39 is 0 Å². The smallest absolute Gasteiger partial charge is 0.123 e. The summed E-state index contributed by atoms with van der Waals surface area (Å²) in [4.78, 5) is 7.14. The van der Waals surface area contributed by atoms with E-state index in [4.69, 9.17) is 22.1 Å². The average Bonchev–Trinajstić information content (AvgIpc) is 2.83. The SMILES string of the molecule is COc1ccc(Cl)cc1CC(N)c1ncc[nH]1. The van der Waals surface area contributed by atoms with Gasteiger partial charge in [-0.25, -0.2) is 4.98 Å². The molecule has 1 aromatic carbocycles. The van der Waals surface area contributed by atoms with Gasteiger partial charge in [0, 0.05) is 17.4 Å². The number of rotatable bonds is 4. The van der Waals surface area contributed by atoms with Crippen LogP contribution in [0.5, 0.6) is 5.75 Å². The second kappa shape index (κ2) is 5.21. The normalized spacial score (nSPS) is 12.4. The zero-order valence-corrected chi connectivity index (χ0v) is 10.2. The molecule has 1 aromatic heterocycles. The first-order valence-electron chi connectivity index (χ1n) is 5.28. The fraction of sp³-hybridized carbons (Fsp3) is 0.250. The highest BCUT2D eigenvalue weighted by atomic mass is 35.5. The van der Waals surface area contributed by atoms with Crippen molar-refractivity contribution in [1.29, 1.82) is 0 Å². The number of aromatic nitrogens is 2. The molecule has 3 N–H and O–H groups in total. The molecular weight excluding hydrogens is 238 g/mol. The van der Waals surface area contributed by atoms with Crippen LogP contribution in [0.1, 0.15) is 17.4 Å². The number of aromatic amines is 1. The van der Waals surface area contributed by atoms with Gasteiger partial charge in [0.05, 0.1) is 13.2 Å². The first-order valence-corrected chi connectivity index (χ1v) is 5.65. The number of nitrogens with one attached hydrogen (secondary N) is 1. The number of imidazole rings is 1. The van der Waals surface area contributed by atoms with Gasteiger partial charge in [-0.15, -0.1) is 0 Å². The van der Waals surface area contributed by atoms with Crippen LogP contribution < -0.4 is 10.5 Å². The van der Waals surface area contributed by atoms with Crippen molar-refractivity contribution < 1.29 is 4.74 Å². The number of ether oxygens (including phenoxy) is 1. The molecule has 90 valence electrons. The Morgan fingerprint density at radius 2 is 2.35 bits per heavy atom. The van der Waals surface area contributed by atoms with Crippen molar-refractivity contribution in [3.05, 3.63) is 47.0 Å². The molecule has 0 aliphatic rings. The fourth-order valence-electron chi connectivity index (χ4n) is 1.72. The number of nitrogens with two attached hydrogens (primary N) is 1. The van der Waals surface area contributed by atoms with Crippen LogP contribution in [0.3, 0.4) is 0 Å². The molecule has 0 saturated carbocycles. The van der Waals surface area contributed by atoms with Crippen LogP contribution in [-0.4, -0.2) is 17.1 Å². The van der Waals surface area contributed by atoms with Crippen molar-refractivity contribution in [3.63, 3.8) is 0 Å². The molecule has 0 fully saturated rings. The third kappa shape index (κ3) is 2.78. The molecule has 0 bridgehead atoms. The highest BCUT2D eigenvalue weighted by molar-refractivity contribution is 6.30. The highest BCUT2D eigenvalue weighted by Gasteiger charge is 2.12. The molecule has 0 amide bonds. The van der Waals surface area contributed by atoms with E-state index in [1.807, 2.05) is 12.1 Å². The van der Waals surface area contributed by atoms with Crippen molar-refractivity contribution in [2.45, 2.75) is 12.5 Å². The van der Waals surface area contributed by atoms with Crippen LogP contribution in [-0.2, 0) is 6.42 Å². The first-order chi connectivity index (χ1) is 8.20. The average molecular weight is 252 g/mol. The molecule has 4 nitrogen and oxygen atoms in total. The summed E-state index contributed by atoms with van der Waals surface area (Å²) in [6.07, 6.45) is 4.06. The lowest BCUT2D eigenvalue weighted by Crippen LogP contribution is -2.15. The lowest BCUT2D eigenvalue weighted by molar-refractivity contribution is 0.408. The van der Waals surface area contributed by atoms with E-state index in [1.54, 1.807) is 25.6 Å². The first kappa shape index (κ1) is 12.0. The molecule has 1 atom stereocenters. The van der Waals surface area contributed by atoms with Gasteiger partial charge in [-0.1, -0.05) is 11.6 Å². The van der Waals surface area contributed by atoms with Crippen molar-refractivity contribution in [1.82, 2.24) is 9.97 Å². The minimum atomic E-state index is -0.197. The second-order valence-corrected chi connectivity index (χ2v) is 4.18. The molecule has 0 spiro atoms. The second-order valence-electron chi connectivity index (χ2n) is 3.74. The van der Waals surface area contributed by atoms with Crippen molar-refractivity contribution in [3.8, 4) is 5.75 Å². The maximum Gasteiger partial charge on any atom is 0.123 e. The monoisotopic (exact) mass is 251 g/mol. The van der Waals surface area contributed by atoms with Crippen molar-refractivity contribution in [2.24, 2.45) is 5.73 Å². The maximum atomic E-state index is 6.05. The molecule has 5 heteroatoms. The lowest BCUT2D eigenvalue weighted by atomic mass is 10.1. The molecule has 17 heavy (non-hydrogen) atoms. The molecule has 0 aliphatic carbocycles. The van der Waals surface area contributed by atoms with Gasteiger partial charge < -0.3 is 15.5 Å². The van der Waals surface area contributed by atoms with E-state index in [0.717, 1.165) is 17.1 Å². The zero-order chi connectivity index (χ0) is 12.3. The van der Waals surface area contributed by atoms with Gasteiger partial charge in [0.15, 0.2) is 0 Å². The van der Waals surface area contributed by atoms with Crippen LogP contribution in [0.15, 0.2) is 30.6 Å². The molecular formula is C12H14ClN3O. The number of nitrogens with zero attached hydrogens (tertiary/aromatic N) is 1. The van der Waals surface area contributed by atoms with E-state index in [-0.39, 0.29) is 6.04 Å². The largest absolute Gasteiger partial charge is 0.496 e. The maximum absolute atomic E-state index is 6.05. The molecule has 1 unspecified atom stereocenters. The van der Waals surface area contributed by atoms with Gasteiger partial charge >= 0.3 is 0 Å². The molecule has 0 aliphatic heterocycles. The summed E-state index contributed by atoms with van der Waals surface area (Å²) in [7, 11) is 1.63. The predicted molar refractivity (Wildman–Crippen MR) is 67.2 cm³/mol. The van der Waals surface area contributed by atoms with Gasteiger partial charge in [0.1, 0.15) is 11.6 Å². The summed E-state index contributed by atoms with van der Waals surface area (Å²) >= 11 is 5.96. The summed E-state index contributed by atoms with van der Waals surface area (Å²) in [5.41, 5.74) is 7.03. The summed E-state index contributed by atoms with van der Waals surface area (Å²) in [6.45, 7) is 0. The van der Waals surface area contributed by atoms with Gasteiger partial charge in [-0.2, -0.15) is 0 Å². The minimum Gasteiger partial charge on any atom is -0.496 e. The number of benzene rings is 1. The van der Waals surface area contributed by atoms with Crippen LogP contribution in [0.4, 0.5) is 0 Å². The number of hydrogen-bond acceptors (Lipinski definition) is 3. The van der Waals surface area contributed by atoms with Crippen LogP contribution in [0.2, 0.25) is 5.02 Å². The molecule has 0 saturated heterocycles. The van der Waals surface area contributed by atoms with E-state index in [2.05, 4.69) is 9.97 Å². The van der Waals surface area contributed by atoms with Crippen LogP contribution in [0.25, 0.3) is 0 Å². The predicted octanol–water partition coefficient (Wildman–Crippen LogP) is 2.31. The Morgan fingerprint density at radius 1 is 1.53 bits per heavy atom. The molecule has 2 rings (SSSR count). The Labute approximate surface area is 105 Å². The number of hydrogen-bond donors (Lipinski definition) is 2. The van der Waals surface area contributed by atoms with Crippen LogP contribution in [0, 0.1) is 0 Å². The third-order valence-corrected chi connectivity index (χ3v) is 2.79. The van der Waals surface area contributed by atoms with Crippen molar-refractivity contribution in [2.75, 3.05) is 7.11 Å². The Morgan fingerprint density at radius 3 is 3.00 bits per heavy atom. The standard InChI is InChI=1S/C12H14ClN3O/c1-17-11-3-2-9(13)6-8(11)7-10(14)12-15-4-5-16-12/h2-6,10H,7,14H2,1H3,(H,15,16). The Balaban J connectivity index is 2.20. The number of methoxy groups -OCH3 is 1. The van der Waals surface area contributed by atoms with E-state index in [1.165, 1.54) is 0 Å². The summed E-state index contributed by atoms with van der Waals surface area (Å²) in [6, 6.07) is 5.30. The van der Waals surface area contributed by atoms with E-state index >= 15 is 0 Å². The Bertz CT molecular complexity index is 485. The Hall–Kier alpha value is -1.52. The fourth-order valence-corrected chi connectivity index (χ4v) is 1.92. The van der Waals surface area contributed by atoms with Crippen molar-refractivity contribution >= 4 is 11.6 Å². The van der Waals surface area contributed by atoms with Gasteiger partial charge in [0.25, 0.3) is 0 Å². The molecule has 2 aromatic rings. The van der Waals surface area contributed by atoms with Gasteiger partial charge in [-0.3, -0.25) is 0 Å². The van der Waals surface area contributed by atoms with E-state index in [9.17, 15) is 0 Å². The topological polar surface area (TPSA) is 63.9 Å². The molecule has 1 heterocycles. The number of H-pyrrole nitrogens is 1.